The lowest BCUT2D eigenvalue weighted by atomic mass is 10.0. The van der Waals surface area contributed by atoms with Gasteiger partial charge in [-0.15, -0.1) is 11.3 Å². The summed E-state index contributed by atoms with van der Waals surface area (Å²) in [7, 11) is 1.40. The molecule has 0 aliphatic carbocycles. The first-order valence-corrected chi connectivity index (χ1v) is 13.1. The second-order valence-corrected chi connectivity index (χ2v) is 8.54. The van der Waals surface area contributed by atoms with Crippen LogP contribution in [0.15, 0.2) is 66.2 Å². The molecule has 1 aromatic heterocycles. The standard InChI is InChI=1S/C25H26N2O2S.2C2H6/c1-29-25(28)24-26-23(21-10-6-3-7-11-21)22(30-24)14-17-27-15-12-20(13-16-27)18-19-8-4-2-5-9-19;2*1-2/h2-11,18H,12-17H2,1H3;2*1-2H3. The number of esters is 1. The van der Waals surface area contributed by atoms with Crippen molar-refractivity contribution in [1.29, 1.82) is 0 Å². The number of methoxy groups -OCH3 is 1. The van der Waals surface area contributed by atoms with E-state index in [-0.39, 0.29) is 5.97 Å². The van der Waals surface area contributed by atoms with Crippen molar-refractivity contribution >= 4 is 23.4 Å². The number of piperidine rings is 1. The van der Waals surface area contributed by atoms with E-state index >= 15 is 0 Å². The molecule has 1 aliphatic heterocycles. The minimum absolute atomic E-state index is 0.364. The number of carbonyl (C=O) groups is 1. The molecule has 2 heterocycles. The van der Waals surface area contributed by atoms with E-state index in [0.29, 0.717) is 5.01 Å². The number of ether oxygens (including phenoxy) is 1. The second-order valence-electron chi connectivity index (χ2n) is 7.45. The maximum atomic E-state index is 12.0. The number of rotatable bonds is 6. The molecule has 0 saturated carbocycles. The Morgan fingerprint density at radius 3 is 2.15 bits per heavy atom. The van der Waals surface area contributed by atoms with Gasteiger partial charge in [-0.25, -0.2) is 9.78 Å². The molecule has 4 nitrogen and oxygen atoms in total. The van der Waals surface area contributed by atoms with Crippen LogP contribution >= 0.6 is 11.3 Å². The molecule has 0 unspecified atom stereocenters. The van der Waals surface area contributed by atoms with E-state index in [9.17, 15) is 4.79 Å². The Hall–Kier alpha value is -2.76. The third-order valence-electron chi connectivity index (χ3n) is 5.43. The van der Waals surface area contributed by atoms with Gasteiger partial charge < -0.3 is 9.64 Å². The van der Waals surface area contributed by atoms with Crippen LogP contribution in [-0.4, -0.2) is 42.6 Å². The molecule has 2 aromatic carbocycles. The summed E-state index contributed by atoms with van der Waals surface area (Å²) in [6.07, 6.45) is 5.43. The Bertz CT molecular complexity index is 1000. The van der Waals surface area contributed by atoms with Crippen LogP contribution in [0, 0.1) is 0 Å². The number of nitrogens with zero attached hydrogens (tertiary/aromatic N) is 2. The van der Waals surface area contributed by atoms with E-state index in [1.807, 2.05) is 58.0 Å². The zero-order chi connectivity index (χ0) is 24.8. The second kappa shape index (κ2) is 15.2. The highest BCUT2D eigenvalue weighted by Gasteiger charge is 2.20. The van der Waals surface area contributed by atoms with Crippen molar-refractivity contribution in [3.8, 4) is 11.3 Å². The fourth-order valence-electron chi connectivity index (χ4n) is 3.77. The largest absolute Gasteiger partial charge is 0.464 e. The molecule has 4 rings (SSSR count). The van der Waals surface area contributed by atoms with E-state index in [1.54, 1.807) is 0 Å². The average molecular weight is 479 g/mol. The van der Waals surface area contributed by atoms with E-state index < -0.39 is 0 Å². The summed E-state index contributed by atoms with van der Waals surface area (Å²) in [6, 6.07) is 20.6. The van der Waals surface area contributed by atoms with E-state index in [2.05, 4.69) is 46.3 Å². The third kappa shape index (κ3) is 7.93. The van der Waals surface area contributed by atoms with Crippen LogP contribution < -0.4 is 0 Å². The molecule has 1 saturated heterocycles. The molecule has 0 bridgehead atoms. The van der Waals surface area contributed by atoms with Gasteiger partial charge in [0.1, 0.15) is 0 Å². The summed E-state index contributed by atoms with van der Waals surface area (Å²) in [5.41, 5.74) is 4.76. The van der Waals surface area contributed by atoms with Crippen LogP contribution in [0.5, 0.6) is 0 Å². The number of aromatic nitrogens is 1. The van der Waals surface area contributed by atoms with Crippen molar-refractivity contribution in [3.63, 3.8) is 0 Å². The number of benzene rings is 2. The summed E-state index contributed by atoms with van der Waals surface area (Å²) < 4.78 is 4.89. The van der Waals surface area contributed by atoms with Gasteiger partial charge >= 0.3 is 5.97 Å². The predicted molar refractivity (Wildman–Crippen MR) is 145 cm³/mol. The Morgan fingerprint density at radius 2 is 1.56 bits per heavy atom. The summed E-state index contributed by atoms with van der Waals surface area (Å²) >= 11 is 1.45. The molecule has 182 valence electrons. The molecule has 1 aliphatic rings. The molecule has 3 aromatic rings. The maximum Gasteiger partial charge on any atom is 0.367 e. The van der Waals surface area contributed by atoms with Crippen LogP contribution in [-0.2, 0) is 11.2 Å². The fourth-order valence-corrected chi connectivity index (χ4v) is 4.76. The van der Waals surface area contributed by atoms with Crippen LogP contribution in [0.4, 0.5) is 0 Å². The Kier molecular flexibility index (Phi) is 12.3. The maximum absolute atomic E-state index is 12.0. The van der Waals surface area contributed by atoms with E-state index in [1.165, 1.54) is 29.6 Å². The predicted octanol–water partition coefficient (Wildman–Crippen LogP) is 7.37. The third-order valence-corrected chi connectivity index (χ3v) is 6.52. The van der Waals surface area contributed by atoms with Gasteiger partial charge in [-0.2, -0.15) is 0 Å². The van der Waals surface area contributed by atoms with Crippen molar-refractivity contribution < 1.29 is 9.53 Å². The van der Waals surface area contributed by atoms with Crippen LogP contribution in [0.3, 0.4) is 0 Å². The van der Waals surface area contributed by atoms with Gasteiger partial charge in [0.05, 0.1) is 12.8 Å². The van der Waals surface area contributed by atoms with Crippen molar-refractivity contribution in [2.75, 3.05) is 26.7 Å². The molecular weight excluding hydrogens is 440 g/mol. The summed E-state index contributed by atoms with van der Waals surface area (Å²) in [5, 5.41) is 0.429. The molecule has 0 radical (unpaired) electrons. The molecule has 0 spiro atoms. The molecule has 1 fully saturated rings. The zero-order valence-electron chi connectivity index (χ0n) is 21.2. The van der Waals surface area contributed by atoms with Gasteiger partial charge in [0, 0.05) is 30.1 Å². The fraction of sp³-hybridized carbons (Fsp3) is 0.379. The highest BCUT2D eigenvalue weighted by molar-refractivity contribution is 7.14. The average Bonchev–Trinajstić information content (AvgIpc) is 3.35. The molecule has 0 atom stereocenters. The highest BCUT2D eigenvalue weighted by atomic mass is 32.1. The van der Waals surface area contributed by atoms with Crippen LogP contribution in [0.1, 0.15) is 60.8 Å². The first-order chi connectivity index (χ1) is 16.7. The molecule has 5 heteroatoms. The normalized spacial score (nSPS) is 13.1. The molecule has 0 amide bonds. The van der Waals surface area contributed by atoms with Gasteiger partial charge in [-0.05, 0) is 24.8 Å². The Balaban J connectivity index is 0.000000970. The summed E-state index contributed by atoms with van der Waals surface area (Å²) in [4.78, 5) is 20.3. The quantitative estimate of drug-likeness (QED) is 0.347. The van der Waals surface area contributed by atoms with Gasteiger partial charge in [0.15, 0.2) is 0 Å². The van der Waals surface area contributed by atoms with Crippen LogP contribution in [0.2, 0.25) is 0 Å². The first kappa shape index (κ1) is 27.5. The van der Waals surface area contributed by atoms with Gasteiger partial charge in [-0.3, -0.25) is 0 Å². The zero-order valence-corrected chi connectivity index (χ0v) is 22.0. The summed E-state index contributed by atoms with van der Waals surface area (Å²) in [6.45, 7) is 11.1. The minimum Gasteiger partial charge on any atom is -0.464 e. The van der Waals surface area contributed by atoms with Crippen molar-refractivity contribution in [1.82, 2.24) is 9.88 Å². The lowest BCUT2D eigenvalue weighted by Crippen LogP contribution is -2.32. The summed E-state index contributed by atoms with van der Waals surface area (Å²) in [5.74, 6) is -0.364. The number of likely N-dealkylation sites (tertiary alicyclic amines) is 1. The lowest BCUT2D eigenvalue weighted by Gasteiger charge is -2.28. The highest BCUT2D eigenvalue weighted by Crippen LogP contribution is 2.30. The van der Waals surface area contributed by atoms with E-state index in [4.69, 9.17) is 4.74 Å². The minimum atomic E-state index is -0.364. The number of hydrogen-bond acceptors (Lipinski definition) is 5. The first-order valence-electron chi connectivity index (χ1n) is 12.3. The Morgan fingerprint density at radius 1 is 0.971 bits per heavy atom. The lowest BCUT2D eigenvalue weighted by molar-refractivity contribution is 0.0600. The van der Waals surface area contributed by atoms with Crippen LogP contribution in [0.25, 0.3) is 17.3 Å². The monoisotopic (exact) mass is 478 g/mol. The number of carbonyl (C=O) groups excluding carboxylic acids is 1. The van der Waals surface area contributed by atoms with Gasteiger partial charge in [0.25, 0.3) is 0 Å². The Labute approximate surface area is 209 Å². The van der Waals surface area contributed by atoms with Gasteiger partial charge in [0.2, 0.25) is 5.01 Å². The van der Waals surface area contributed by atoms with Crippen molar-refractivity contribution in [3.05, 3.63) is 81.7 Å². The van der Waals surface area contributed by atoms with E-state index in [0.717, 1.165) is 55.0 Å². The molecule has 0 N–H and O–H groups in total. The SMILES string of the molecule is CC.CC.COC(=O)c1nc(-c2ccccc2)c(CCN2CCC(=Cc3ccccc3)CC2)s1. The molecule has 34 heavy (non-hydrogen) atoms. The number of thiazole rings is 1. The van der Waals surface area contributed by atoms with Crippen molar-refractivity contribution in [2.24, 2.45) is 0 Å². The smallest absolute Gasteiger partial charge is 0.367 e. The topological polar surface area (TPSA) is 42.4 Å². The number of hydrogen-bond donors (Lipinski definition) is 0. The van der Waals surface area contributed by atoms with Gasteiger partial charge in [-0.1, -0.05) is 100 Å². The van der Waals surface area contributed by atoms with Crippen molar-refractivity contribution in [2.45, 2.75) is 47.0 Å². The molecular formula is C29H38N2O2S.